The monoisotopic (exact) mass is 222 g/mol. The molecule has 0 aromatic heterocycles. The molecule has 16 heavy (non-hydrogen) atoms. The number of hydrogen-bond acceptors (Lipinski definition) is 4. The van der Waals surface area contributed by atoms with Gasteiger partial charge in [0, 0.05) is 6.54 Å². The number of carbonyl (C=O) groups is 1. The Morgan fingerprint density at radius 3 is 2.75 bits per heavy atom. The lowest BCUT2D eigenvalue weighted by atomic mass is 10.2. The Morgan fingerprint density at radius 2 is 2.12 bits per heavy atom. The van der Waals surface area contributed by atoms with E-state index in [-0.39, 0.29) is 5.97 Å². The molecule has 0 saturated heterocycles. The van der Waals surface area contributed by atoms with Crippen LogP contribution in [0.5, 0.6) is 0 Å². The molecule has 0 aliphatic heterocycles. The number of nitrogens with two attached hydrogens (primary N) is 1. The zero-order chi connectivity index (χ0) is 11.8. The molecule has 1 atom stereocenters. The van der Waals surface area contributed by atoms with Crippen LogP contribution < -0.4 is 11.1 Å². The van der Waals surface area contributed by atoms with E-state index in [0.29, 0.717) is 13.0 Å². The van der Waals surface area contributed by atoms with Gasteiger partial charge in [0.1, 0.15) is 6.04 Å². The van der Waals surface area contributed by atoms with Crippen molar-refractivity contribution in [1.82, 2.24) is 5.32 Å². The number of esters is 1. The van der Waals surface area contributed by atoms with Crippen molar-refractivity contribution < 1.29 is 9.53 Å². The molecule has 0 radical (unpaired) electrons. The second kappa shape index (κ2) is 6.98. The van der Waals surface area contributed by atoms with Gasteiger partial charge in [0.25, 0.3) is 0 Å². The molecule has 1 aromatic rings. The largest absolute Gasteiger partial charge is 0.468 e. The quantitative estimate of drug-likeness (QED) is 0.548. The van der Waals surface area contributed by atoms with Crippen molar-refractivity contribution >= 4 is 5.97 Å². The molecule has 1 unspecified atom stereocenters. The molecular formula is C12H18N2O2. The fraction of sp³-hybridized carbons (Fsp3) is 0.417. The van der Waals surface area contributed by atoms with Gasteiger partial charge < -0.3 is 15.8 Å². The maximum atomic E-state index is 11.0. The van der Waals surface area contributed by atoms with Gasteiger partial charge in [0.05, 0.1) is 7.11 Å². The predicted octanol–water partition coefficient (Wildman–Crippen LogP) is 0.667. The molecule has 3 N–H and O–H groups in total. The molecule has 1 aromatic carbocycles. The lowest BCUT2D eigenvalue weighted by Crippen LogP contribution is -2.34. The number of rotatable bonds is 6. The van der Waals surface area contributed by atoms with E-state index >= 15 is 0 Å². The summed E-state index contributed by atoms with van der Waals surface area (Å²) in [4.78, 5) is 11.0. The molecule has 0 amide bonds. The highest BCUT2D eigenvalue weighted by Gasteiger charge is 2.12. The number of carbonyl (C=O) groups excluding carboxylic acids is 1. The van der Waals surface area contributed by atoms with E-state index in [1.165, 1.54) is 12.7 Å². The van der Waals surface area contributed by atoms with Crippen molar-refractivity contribution in [2.24, 2.45) is 5.73 Å². The van der Waals surface area contributed by atoms with Gasteiger partial charge in [-0.15, -0.1) is 0 Å². The molecule has 1 rings (SSSR count). The Hall–Kier alpha value is -1.39. The van der Waals surface area contributed by atoms with Crippen molar-refractivity contribution in [3.05, 3.63) is 35.9 Å². The Kier molecular flexibility index (Phi) is 5.53. The molecule has 0 fully saturated rings. The Labute approximate surface area is 95.8 Å². The van der Waals surface area contributed by atoms with E-state index in [1.807, 2.05) is 30.3 Å². The van der Waals surface area contributed by atoms with Crippen LogP contribution in [0, 0.1) is 0 Å². The van der Waals surface area contributed by atoms with E-state index in [0.717, 1.165) is 6.54 Å². The topological polar surface area (TPSA) is 64.3 Å². The molecule has 0 saturated carbocycles. The fourth-order valence-corrected chi connectivity index (χ4v) is 1.36. The second-order valence-corrected chi connectivity index (χ2v) is 3.58. The number of nitrogens with one attached hydrogen (secondary N) is 1. The molecule has 0 heterocycles. The highest BCUT2D eigenvalue weighted by molar-refractivity contribution is 5.75. The smallest absolute Gasteiger partial charge is 0.322 e. The minimum Gasteiger partial charge on any atom is -0.468 e. The molecular weight excluding hydrogens is 204 g/mol. The number of methoxy groups -OCH3 is 1. The van der Waals surface area contributed by atoms with Crippen LogP contribution in [0.25, 0.3) is 0 Å². The normalized spacial score (nSPS) is 12.1. The summed E-state index contributed by atoms with van der Waals surface area (Å²) in [5.41, 5.74) is 6.81. The van der Waals surface area contributed by atoms with E-state index in [2.05, 4.69) is 10.1 Å². The highest BCUT2D eigenvalue weighted by atomic mass is 16.5. The maximum Gasteiger partial charge on any atom is 0.322 e. The third kappa shape index (κ3) is 4.42. The average Bonchev–Trinajstić information content (AvgIpc) is 2.34. The Bertz CT molecular complexity index is 314. The first-order valence-electron chi connectivity index (χ1n) is 5.32. The van der Waals surface area contributed by atoms with Gasteiger partial charge in [-0.2, -0.15) is 0 Å². The van der Waals surface area contributed by atoms with Crippen LogP contribution in [-0.2, 0) is 16.1 Å². The van der Waals surface area contributed by atoms with Gasteiger partial charge in [-0.1, -0.05) is 30.3 Å². The molecule has 4 nitrogen and oxygen atoms in total. The van der Waals surface area contributed by atoms with Crippen molar-refractivity contribution in [1.29, 1.82) is 0 Å². The summed E-state index contributed by atoms with van der Waals surface area (Å²) in [6.45, 7) is 1.49. The second-order valence-electron chi connectivity index (χ2n) is 3.58. The molecule has 4 heteroatoms. The first kappa shape index (κ1) is 12.7. The van der Waals surface area contributed by atoms with Crippen LogP contribution in [0.1, 0.15) is 12.0 Å². The summed E-state index contributed by atoms with van der Waals surface area (Å²) >= 11 is 0. The lowest BCUT2D eigenvalue weighted by Gasteiger charge is -2.09. The summed E-state index contributed by atoms with van der Waals surface area (Å²) in [5.74, 6) is -0.360. The standard InChI is InChI=1S/C12H18N2O2/c1-16-12(15)11(13)7-8-14-9-10-5-3-2-4-6-10/h2-6,11,14H,7-9,13H2,1H3. The summed E-state index contributed by atoms with van der Waals surface area (Å²) in [7, 11) is 1.35. The minimum absolute atomic E-state index is 0.360. The van der Waals surface area contributed by atoms with Crippen LogP contribution in [0.15, 0.2) is 30.3 Å². The van der Waals surface area contributed by atoms with Gasteiger partial charge in [0.2, 0.25) is 0 Å². The third-order valence-corrected chi connectivity index (χ3v) is 2.31. The van der Waals surface area contributed by atoms with Crippen LogP contribution in [-0.4, -0.2) is 25.7 Å². The number of hydrogen-bond donors (Lipinski definition) is 2. The zero-order valence-corrected chi connectivity index (χ0v) is 9.48. The first-order valence-corrected chi connectivity index (χ1v) is 5.32. The zero-order valence-electron chi connectivity index (χ0n) is 9.48. The molecule has 0 bridgehead atoms. The summed E-state index contributed by atoms with van der Waals surface area (Å²) < 4.78 is 4.54. The molecule has 88 valence electrons. The van der Waals surface area contributed by atoms with Crippen LogP contribution in [0.3, 0.4) is 0 Å². The average molecular weight is 222 g/mol. The van der Waals surface area contributed by atoms with Crippen molar-refractivity contribution in [3.8, 4) is 0 Å². The number of benzene rings is 1. The van der Waals surface area contributed by atoms with Crippen LogP contribution in [0.4, 0.5) is 0 Å². The van der Waals surface area contributed by atoms with E-state index in [4.69, 9.17) is 5.73 Å². The molecule has 0 aliphatic carbocycles. The Morgan fingerprint density at radius 1 is 1.44 bits per heavy atom. The molecule has 0 spiro atoms. The van der Waals surface area contributed by atoms with E-state index < -0.39 is 6.04 Å². The van der Waals surface area contributed by atoms with Gasteiger partial charge in [-0.25, -0.2) is 0 Å². The highest BCUT2D eigenvalue weighted by Crippen LogP contribution is 1.97. The van der Waals surface area contributed by atoms with Crippen LogP contribution in [0.2, 0.25) is 0 Å². The SMILES string of the molecule is COC(=O)C(N)CCNCc1ccccc1. The maximum absolute atomic E-state index is 11.0. The van der Waals surface area contributed by atoms with Crippen molar-refractivity contribution in [2.45, 2.75) is 19.0 Å². The summed E-state index contributed by atoms with van der Waals surface area (Å²) in [5, 5.41) is 3.22. The van der Waals surface area contributed by atoms with Crippen LogP contribution >= 0.6 is 0 Å². The van der Waals surface area contributed by atoms with Gasteiger partial charge in [-0.3, -0.25) is 4.79 Å². The number of ether oxygens (including phenoxy) is 1. The minimum atomic E-state index is -0.534. The van der Waals surface area contributed by atoms with Crippen molar-refractivity contribution in [2.75, 3.05) is 13.7 Å². The predicted molar refractivity (Wildman–Crippen MR) is 62.8 cm³/mol. The van der Waals surface area contributed by atoms with E-state index in [9.17, 15) is 4.79 Å². The third-order valence-electron chi connectivity index (χ3n) is 2.31. The molecule has 0 aliphatic rings. The Balaban J connectivity index is 2.15. The summed E-state index contributed by atoms with van der Waals surface area (Å²) in [6, 6.07) is 9.54. The fourth-order valence-electron chi connectivity index (χ4n) is 1.36. The van der Waals surface area contributed by atoms with Crippen molar-refractivity contribution in [3.63, 3.8) is 0 Å². The summed E-state index contributed by atoms with van der Waals surface area (Å²) in [6.07, 6.45) is 0.583. The lowest BCUT2D eigenvalue weighted by molar-refractivity contribution is -0.142. The van der Waals surface area contributed by atoms with Gasteiger partial charge in [0.15, 0.2) is 0 Å². The van der Waals surface area contributed by atoms with Gasteiger partial charge >= 0.3 is 5.97 Å². The first-order chi connectivity index (χ1) is 7.74. The van der Waals surface area contributed by atoms with Gasteiger partial charge in [-0.05, 0) is 18.5 Å². The van der Waals surface area contributed by atoms with E-state index in [1.54, 1.807) is 0 Å².